The van der Waals surface area contributed by atoms with Gasteiger partial charge in [0.1, 0.15) is 0 Å². The quantitative estimate of drug-likeness (QED) is 0.764. The molecule has 1 saturated heterocycles. The molecule has 0 bridgehead atoms. The molecule has 1 heterocycles. The third-order valence-corrected chi connectivity index (χ3v) is 3.33. The minimum atomic E-state index is -0.485. The molecule has 0 spiro atoms. The van der Waals surface area contributed by atoms with Gasteiger partial charge in [-0.1, -0.05) is 12.1 Å². The SMILES string of the molecule is NC(=O)c1ccc(/C=C/C(=O)N2CCOCC2CO)cc1. The Labute approximate surface area is 122 Å². The first-order valence-corrected chi connectivity index (χ1v) is 6.69. The summed E-state index contributed by atoms with van der Waals surface area (Å²) in [6, 6.07) is 6.35. The number of morpholine rings is 1. The van der Waals surface area contributed by atoms with Crippen LogP contribution < -0.4 is 5.73 Å². The number of carbonyl (C=O) groups is 2. The average molecular weight is 290 g/mol. The number of aliphatic hydroxyl groups is 1. The van der Waals surface area contributed by atoms with Gasteiger partial charge in [-0.3, -0.25) is 9.59 Å². The fourth-order valence-corrected chi connectivity index (χ4v) is 2.12. The van der Waals surface area contributed by atoms with Crippen molar-refractivity contribution in [1.82, 2.24) is 4.90 Å². The normalized spacial score (nSPS) is 18.9. The van der Waals surface area contributed by atoms with Crippen LogP contribution in [0.1, 0.15) is 15.9 Å². The number of aliphatic hydroxyl groups excluding tert-OH is 1. The number of hydrogen-bond acceptors (Lipinski definition) is 4. The molecule has 6 heteroatoms. The Morgan fingerprint density at radius 3 is 2.71 bits per heavy atom. The standard InChI is InChI=1S/C15H18N2O4/c16-15(20)12-4-1-11(2-5-12)3-6-14(19)17-7-8-21-10-13(17)9-18/h1-6,13,18H,7-10H2,(H2,16,20)/b6-3+. The van der Waals surface area contributed by atoms with Crippen LogP contribution in [0.3, 0.4) is 0 Å². The zero-order valence-electron chi connectivity index (χ0n) is 11.6. The molecule has 0 aromatic heterocycles. The molecule has 1 aromatic rings. The maximum absolute atomic E-state index is 12.1. The lowest BCUT2D eigenvalue weighted by molar-refractivity contribution is -0.136. The van der Waals surface area contributed by atoms with Crippen LogP contribution in [0.5, 0.6) is 0 Å². The van der Waals surface area contributed by atoms with Gasteiger partial charge in [-0.15, -0.1) is 0 Å². The van der Waals surface area contributed by atoms with Gasteiger partial charge >= 0.3 is 0 Å². The van der Waals surface area contributed by atoms with Crippen molar-refractivity contribution in [3.63, 3.8) is 0 Å². The number of nitrogens with zero attached hydrogens (tertiary/aromatic N) is 1. The minimum Gasteiger partial charge on any atom is -0.394 e. The van der Waals surface area contributed by atoms with Gasteiger partial charge in [-0.25, -0.2) is 0 Å². The fraction of sp³-hybridized carbons (Fsp3) is 0.333. The lowest BCUT2D eigenvalue weighted by atomic mass is 10.1. The summed E-state index contributed by atoms with van der Waals surface area (Å²) in [7, 11) is 0. The van der Waals surface area contributed by atoms with E-state index in [1.807, 2.05) is 0 Å². The third kappa shape index (κ3) is 3.90. The molecule has 0 radical (unpaired) electrons. The van der Waals surface area contributed by atoms with Gasteiger partial charge in [0, 0.05) is 18.2 Å². The predicted molar refractivity (Wildman–Crippen MR) is 77.4 cm³/mol. The van der Waals surface area contributed by atoms with Crippen LogP contribution in [-0.2, 0) is 9.53 Å². The molecule has 1 unspecified atom stereocenters. The van der Waals surface area contributed by atoms with E-state index in [1.165, 1.54) is 6.08 Å². The Morgan fingerprint density at radius 1 is 1.38 bits per heavy atom. The van der Waals surface area contributed by atoms with Gasteiger partial charge in [0.25, 0.3) is 0 Å². The summed E-state index contributed by atoms with van der Waals surface area (Å²) in [5.74, 6) is -0.656. The highest BCUT2D eigenvalue weighted by molar-refractivity contribution is 5.94. The summed E-state index contributed by atoms with van der Waals surface area (Å²) in [6.45, 7) is 1.18. The van der Waals surface area contributed by atoms with Gasteiger partial charge in [0.2, 0.25) is 11.8 Å². The molecular formula is C15H18N2O4. The van der Waals surface area contributed by atoms with Crippen molar-refractivity contribution in [1.29, 1.82) is 0 Å². The van der Waals surface area contributed by atoms with E-state index in [1.54, 1.807) is 35.2 Å². The number of ether oxygens (including phenoxy) is 1. The summed E-state index contributed by atoms with van der Waals surface area (Å²) in [4.78, 5) is 24.7. The van der Waals surface area contributed by atoms with Crippen LogP contribution in [0, 0.1) is 0 Å². The highest BCUT2D eigenvalue weighted by Crippen LogP contribution is 2.10. The molecule has 21 heavy (non-hydrogen) atoms. The summed E-state index contributed by atoms with van der Waals surface area (Å²) in [5, 5.41) is 9.24. The van der Waals surface area contributed by atoms with Crippen LogP contribution in [0.25, 0.3) is 6.08 Å². The topological polar surface area (TPSA) is 92.9 Å². The van der Waals surface area contributed by atoms with Gasteiger partial charge in [-0.2, -0.15) is 0 Å². The Balaban J connectivity index is 2.02. The van der Waals surface area contributed by atoms with Crippen molar-refractivity contribution < 1.29 is 19.4 Å². The van der Waals surface area contributed by atoms with Crippen molar-refractivity contribution in [3.8, 4) is 0 Å². The molecule has 0 aliphatic carbocycles. The molecule has 1 atom stereocenters. The molecular weight excluding hydrogens is 272 g/mol. The first-order valence-electron chi connectivity index (χ1n) is 6.69. The van der Waals surface area contributed by atoms with Crippen molar-refractivity contribution in [3.05, 3.63) is 41.5 Å². The Morgan fingerprint density at radius 2 is 2.10 bits per heavy atom. The summed E-state index contributed by atoms with van der Waals surface area (Å²) in [6.07, 6.45) is 3.12. The number of carbonyl (C=O) groups excluding carboxylic acids is 2. The van der Waals surface area contributed by atoms with Crippen molar-refractivity contribution in [2.24, 2.45) is 5.73 Å². The second kappa shape index (κ2) is 7.01. The minimum absolute atomic E-state index is 0.118. The van der Waals surface area contributed by atoms with Crippen LogP contribution in [0.2, 0.25) is 0 Å². The van der Waals surface area contributed by atoms with Crippen molar-refractivity contribution in [2.75, 3.05) is 26.4 Å². The smallest absolute Gasteiger partial charge is 0.248 e. The molecule has 0 saturated carbocycles. The molecule has 1 aliphatic rings. The molecule has 1 aliphatic heterocycles. The molecule has 3 N–H and O–H groups in total. The monoisotopic (exact) mass is 290 g/mol. The van der Waals surface area contributed by atoms with Crippen LogP contribution in [-0.4, -0.2) is 54.2 Å². The summed E-state index contributed by atoms with van der Waals surface area (Å²) < 4.78 is 5.23. The number of primary amides is 1. The molecule has 6 nitrogen and oxygen atoms in total. The van der Waals surface area contributed by atoms with Crippen LogP contribution >= 0.6 is 0 Å². The Bertz CT molecular complexity index is 539. The van der Waals surface area contributed by atoms with E-state index in [0.717, 1.165) is 5.56 Å². The fourth-order valence-electron chi connectivity index (χ4n) is 2.12. The molecule has 2 rings (SSSR count). The maximum atomic E-state index is 12.1. The van der Waals surface area contributed by atoms with Gasteiger partial charge in [0.15, 0.2) is 0 Å². The zero-order valence-corrected chi connectivity index (χ0v) is 11.6. The second-order valence-electron chi connectivity index (χ2n) is 4.76. The number of benzene rings is 1. The molecule has 112 valence electrons. The second-order valence-corrected chi connectivity index (χ2v) is 4.76. The van der Waals surface area contributed by atoms with Gasteiger partial charge < -0.3 is 20.5 Å². The van der Waals surface area contributed by atoms with E-state index in [4.69, 9.17) is 10.5 Å². The van der Waals surface area contributed by atoms with E-state index in [0.29, 0.717) is 25.3 Å². The van der Waals surface area contributed by atoms with Gasteiger partial charge in [0.05, 0.1) is 25.9 Å². The Hall–Kier alpha value is -2.18. The maximum Gasteiger partial charge on any atom is 0.248 e. The van der Waals surface area contributed by atoms with E-state index in [-0.39, 0.29) is 18.6 Å². The molecule has 1 aromatic carbocycles. The zero-order chi connectivity index (χ0) is 15.2. The average Bonchev–Trinajstić information content (AvgIpc) is 2.52. The number of hydrogen-bond donors (Lipinski definition) is 2. The van der Waals surface area contributed by atoms with E-state index in [9.17, 15) is 14.7 Å². The summed E-state index contributed by atoms with van der Waals surface area (Å²) >= 11 is 0. The highest BCUT2D eigenvalue weighted by Gasteiger charge is 2.24. The third-order valence-electron chi connectivity index (χ3n) is 3.33. The van der Waals surface area contributed by atoms with Crippen molar-refractivity contribution in [2.45, 2.75) is 6.04 Å². The highest BCUT2D eigenvalue weighted by atomic mass is 16.5. The van der Waals surface area contributed by atoms with E-state index >= 15 is 0 Å². The largest absolute Gasteiger partial charge is 0.394 e. The van der Waals surface area contributed by atoms with Crippen LogP contribution in [0.4, 0.5) is 0 Å². The van der Waals surface area contributed by atoms with Crippen molar-refractivity contribution >= 4 is 17.9 Å². The van der Waals surface area contributed by atoms with E-state index < -0.39 is 5.91 Å². The van der Waals surface area contributed by atoms with E-state index in [2.05, 4.69) is 0 Å². The first kappa shape index (κ1) is 15.2. The Kier molecular flexibility index (Phi) is 5.08. The number of rotatable bonds is 4. The predicted octanol–water partition coefficient (Wildman–Crippen LogP) is 0.0184. The molecule has 2 amide bonds. The lowest BCUT2D eigenvalue weighted by Crippen LogP contribution is -2.49. The number of amides is 2. The molecule has 1 fully saturated rings. The van der Waals surface area contributed by atoms with Gasteiger partial charge in [-0.05, 0) is 23.8 Å². The van der Waals surface area contributed by atoms with Crippen LogP contribution in [0.15, 0.2) is 30.3 Å². The lowest BCUT2D eigenvalue weighted by Gasteiger charge is -2.33. The first-order chi connectivity index (χ1) is 10.1. The number of nitrogens with two attached hydrogens (primary N) is 1. The summed E-state index contributed by atoms with van der Waals surface area (Å²) in [5.41, 5.74) is 6.38.